The number of nitrogens with zero attached hydrogens (tertiary/aromatic N) is 2. The van der Waals surface area contributed by atoms with Gasteiger partial charge in [-0.3, -0.25) is 4.68 Å². The van der Waals surface area contributed by atoms with E-state index in [0.29, 0.717) is 5.02 Å². The van der Waals surface area contributed by atoms with Crippen LogP contribution in [0.4, 0.5) is 0 Å². The minimum absolute atomic E-state index is 0.120. The second kappa shape index (κ2) is 7.50. The summed E-state index contributed by atoms with van der Waals surface area (Å²) in [5.41, 5.74) is 7.20. The first-order chi connectivity index (χ1) is 9.61. The van der Waals surface area contributed by atoms with Gasteiger partial charge in [-0.1, -0.05) is 34.5 Å². The molecule has 1 atom stereocenters. The summed E-state index contributed by atoms with van der Waals surface area (Å²) in [6.07, 6.45) is 2.69. The fraction of sp³-hybridized carbons (Fsp3) is 0.357. The highest BCUT2D eigenvalue weighted by atomic mass is 79.9. The molecule has 1 aromatic carbocycles. The molecular weight excluding hydrogens is 358 g/mol. The molecule has 0 aliphatic carbocycles. The molecule has 0 fully saturated rings. The molecule has 1 heterocycles. The van der Waals surface area contributed by atoms with E-state index >= 15 is 0 Å². The van der Waals surface area contributed by atoms with Crippen molar-refractivity contribution in [1.82, 2.24) is 9.78 Å². The van der Waals surface area contributed by atoms with Crippen LogP contribution in [0.3, 0.4) is 0 Å². The Morgan fingerprint density at radius 1 is 1.40 bits per heavy atom. The maximum absolute atomic E-state index is 6.27. The van der Waals surface area contributed by atoms with Crippen molar-refractivity contribution in [3.05, 3.63) is 45.7 Å². The van der Waals surface area contributed by atoms with Crippen LogP contribution in [0.2, 0.25) is 5.02 Å². The highest BCUT2D eigenvalue weighted by Crippen LogP contribution is 2.28. The Bertz CT molecular complexity index is 556. The van der Waals surface area contributed by atoms with Gasteiger partial charge < -0.3 is 5.73 Å². The number of halogens is 2. The van der Waals surface area contributed by atoms with Crippen molar-refractivity contribution in [3.8, 4) is 0 Å². The Balaban J connectivity index is 2.02. The van der Waals surface area contributed by atoms with Gasteiger partial charge in [0.2, 0.25) is 0 Å². The normalized spacial score (nSPS) is 12.6. The van der Waals surface area contributed by atoms with Gasteiger partial charge in [-0.2, -0.15) is 5.10 Å². The molecule has 0 saturated carbocycles. The first-order valence-electron chi connectivity index (χ1n) is 6.47. The van der Waals surface area contributed by atoms with Gasteiger partial charge in [0.25, 0.3) is 0 Å². The van der Waals surface area contributed by atoms with E-state index in [1.165, 1.54) is 4.90 Å². The summed E-state index contributed by atoms with van der Waals surface area (Å²) >= 11 is 11.4. The highest BCUT2D eigenvalue weighted by Gasteiger charge is 2.16. The zero-order valence-corrected chi connectivity index (χ0v) is 14.4. The number of rotatable bonds is 6. The van der Waals surface area contributed by atoms with E-state index in [-0.39, 0.29) is 6.04 Å². The van der Waals surface area contributed by atoms with Crippen molar-refractivity contribution in [2.45, 2.75) is 30.8 Å². The first-order valence-corrected chi connectivity index (χ1v) is 8.62. The predicted octanol–water partition coefficient (Wildman–Crippen LogP) is 4.50. The number of hydrogen-bond acceptors (Lipinski definition) is 3. The van der Waals surface area contributed by atoms with Crippen LogP contribution in [0.15, 0.2) is 39.8 Å². The fourth-order valence-corrected chi connectivity index (χ4v) is 3.33. The second-order valence-corrected chi connectivity index (χ2v) is 6.89. The Hall–Kier alpha value is -0.490. The van der Waals surface area contributed by atoms with Crippen LogP contribution < -0.4 is 5.73 Å². The second-order valence-electron chi connectivity index (χ2n) is 4.47. The molecule has 1 unspecified atom stereocenters. The molecule has 20 heavy (non-hydrogen) atoms. The average molecular weight is 375 g/mol. The SMILES string of the molecule is CCCn1ncc(Cl)c1C(N)CSc1ccc(Br)cc1. The fourth-order valence-electron chi connectivity index (χ4n) is 1.93. The Labute approximate surface area is 137 Å². The van der Waals surface area contributed by atoms with Gasteiger partial charge in [0.1, 0.15) is 0 Å². The van der Waals surface area contributed by atoms with E-state index in [4.69, 9.17) is 17.3 Å². The minimum Gasteiger partial charge on any atom is -0.322 e. The molecule has 0 radical (unpaired) electrons. The van der Waals surface area contributed by atoms with Crippen molar-refractivity contribution >= 4 is 39.3 Å². The summed E-state index contributed by atoms with van der Waals surface area (Å²) in [5.74, 6) is 0.775. The van der Waals surface area contributed by atoms with E-state index in [1.807, 2.05) is 16.8 Å². The summed E-state index contributed by atoms with van der Waals surface area (Å²) in [6.45, 7) is 2.96. The zero-order chi connectivity index (χ0) is 14.5. The van der Waals surface area contributed by atoms with Gasteiger partial charge in [-0.25, -0.2) is 0 Å². The zero-order valence-electron chi connectivity index (χ0n) is 11.2. The molecule has 108 valence electrons. The third-order valence-corrected chi connectivity index (χ3v) is 4.81. The van der Waals surface area contributed by atoms with Gasteiger partial charge in [0.15, 0.2) is 0 Å². The molecule has 2 N–H and O–H groups in total. The predicted molar refractivity (Wildman–Crippen MR) is 89.3 cm³/mol. The lowest BCUT2D eigenvalue weighted by molar-refractivity contribution is 0.554. The van der Waals surface area contributed by atoms with Crippen LogP contribution in [0.1, 0.15) is 25.1 Å². The van der Waals surface area contributed by atoms with Crippen molar-refractivity contribution in [3.63, 3.8) is 0 Å². The third kappa shape index (κ3) is 4.01. The molecule has 6 heteroatoms. The van der Waals surface area contributed by atoms with Crippen LogP contribution >= 0.6 is 39.3 Å². The third-order valence-electron chi connectivity index (χ3n) is 2.86. The number of hydrogen-bond donors (Lipinski definition) is 1. The maximum Gasteiger partial charge on any atom is 0.0834 e. The molecule has 0 aliphatic rings. The van der Waals surface area contributed by atoms with Crippen molar-refractivity contribution in [1.29, 1.82) is 0 Å². The lowest BCUT2D eigenvalue weighted by Gasteiger charge is -2.14. The Morgan fingerprint density at radius 3 is 2.75 bits per heavy atom. The highest BCUT2D eigenvalue weighted by molar-refractivity contribution is 9.10. The van der Waals surface area contributed by atoms with E-state index in [9.17, 15) is 0 Å². The summed E-state index contributed by atoms with van der Waals surface area (Å²) < 4.78 is 2.99. The van der Waals surface area contributed by atoms with Crippen molar-refractivity contribution < 1.29 is 0 Å². The number of benzene rings is 1. The maximum atomic E-state index is 6.27. The van der Waals surface area contributed by atoms with E-state index in [0.717, 1.165) is 28.9 Å². The monoisotopic (exact) mass is 373 g/mol. The van der Waals surface area contributed by atoms with E-state index in [2.05, 4.69) is 40.1 Å². The molecule has 0 bridgehead atoms. The van der Waals surface area contributed by atoms with E-state index < -0.39 is 0 Å². The molecule has 0 amide bonds. The molecule has 0 spiro atoms. The smallest absolute Gasteiger partial charge is 0.0834 e. The molecule has 1 aromatic heterocycles. The lowest BCUT2D eigenvalue weighted by atomic mass is 10.2. The van der Waals surface area contributed by atoms with Crippen LogP contribution in [0.5, 0.6) is 0 Å². The molecular formula is C14H17BrClN3S. The van der Waals surface area contributed by atoms with Crippen LogP contribution in [-0.2, 0) is 6.54 Å². The summed E-state index contributed by atoms with van der Waals surface area (Å²) in [6, 6.07) is 8.09. The number of nitrogens with two attached hydrogens (primary N) is 1. The number of aromatic nitrogens is 2. The summed E-state index contributed by atoms with van der Waals surface area (Å²) in [5, 5.41) is 4.94. The largest absolute Gasteiger partial charge is 0.322 e. The Kier molecular flexibility index (Phi) is 5.96. The van der Waals surface area contributed by atoms with Crippen molar-refractivity contribution in [2.75, 3.05) is 5.75 Å². The van der Waals surface area contributed by atoms with Gasteiger partial charge in [-0.05, 0) is 30.7 Å². The van der Waals surface area contributed by atoms with Gasteiger partial charge in [-0.15, -0.1) is 11.8 Å². The minimum atomic E-state index is -0.120. The van der Waals surface area contributed by atoms with E-state index in [1.54, 1.807) is 18.0 Å². The number of aryl methyl sites for hydroxylation is 1. The quantitative estimate of drug-likeness (QED) is 0.757. The summed E-state index contributed by atoms with van der Waals surface area (Å²) in [7, 11) is 0. The summed E-state index contributed by atoms with van der Waals surface area (Å²) in [4.78, 5) is 1.20. The molecule has 2 aromatic rings. The standard InChI is InChI=1S/C14H17BrClN3S/c1-2-7-19-14(12(16)8-18-19)13(17)9-20-11-5-3-10(15)4-6-11/h3-6,8,13H,2,7,9,17H2,1H3. The lowest BCUT2D eigenvalue weighted by Crippen LogP contribution is -2.19. The topological polar surface area (TPSA) is 43.8 Å². The van der Waals surface area contributed by atoms with Crippen LogP contribution in [0, 0.1) is 0 Å². The average Bonchev–Trinajstić information content (AvgIpc) is 2.79. The Morgan fingerprint density at radius 2 is 2.10 bits per heavy atom. The van der Waals surface area contributed by atoms with Gasteiger partial charge >= 0.3 is 0 Å². The number of thioether (sulfide) groups is 1. The van der Waals surface area contributed by atoms with Crippen LogP contribution in [0.25, 0.3) is 0 Å². The van der Waals surface area contributed by atoms with Gasteiger partial charge in [0.05, 0.1) is 23.0 Å². The molecule has 3 nitrogen and oxygen atoms in total. The molecule has 0 aliphatic heterocycles. The molecule has 0 saturated heterocycles. The molecule has 2 rings (SSSR count). The van der Waals surface area contributed by atoms with Crippen molar-refractivity contribution in [2.24, 2.45) is 5.73 Å². The van der Waals surface area contributed by atoms with Gasteiger partial charge in [0, 0.05) is 21.7 Å². The van der Waals surface area contributed by atoms with Crippen LogP contribution in [-0.4, -0.2) is 15.5 Å². The first kappa shape index (κ1) is 15.9.